The number of nitrogens with one attached hydrogen (secondary N) is 1. The predicted octanol–water partition coefficient (Wildman–Crippen LogP) is 2.14. The zero-order valence-electron chi connectivity index (χ0n) is 10.1. The van der Waals surface area contributed by atoms with Gasteiger partial charge in [-0.05, 0) is 47.0 Å². The van der Waals surface area contributed by atoms with Gasteiger partial charge in [0.2, 0.25) is 0 Å². The van der Waals surface area contributed by atoms with Gasteiger partial charge < -0.3 is 10.4 Å². The first-order valence-corrected chi connectivity index (χ1v) is 8.48. The van der Waals surface area contributed by atoms with Gasteiger partial charge in [0.1, 0.15) is 9.84 Å². The van der Waals surface area contributed by atoms with Crippen molar-refractivity contribution < 1.29 is 18.3 Å². The molecule has 0 bridgehead atoms. The van der Waals surface area contributed by atoms with Gasteiger partial charge in [0, 0.05) is 16.2 Å². The smallest absolute Gasteiger partial charge is 0.336 e. The van der Waals surface area contributed by atoms with Crippen LogP contribution in [-0.4, -0.2) is 37.0 Å². The third kappa shape index (κ3) is 3.70. The monoisotopic (exact) mass is 347 g/mol. The second kappa shape index (κ2) is 5.50. The fourth-order valence-electron chi connectivity index (χ4n) is 2.05. The van der Waals surface area contributed by atoms with Crippen LogP contribution < -0.4 is 5.32 Å². The number of sulfone groups is 1. The SMILES string of the molecule is O=C(O)c1ccc(NC2CCS(=O)(=O)CC2)cc1Br. The molecular weight excluding hydrogens is 334 g/mol. The van der Waals surface area contributed by atoms with E-state index in [9.17, 15) is 13.2 Å². The molecule has 1 aliphatic heterocycles. The highest BCUT2D eigenvalue weighted by Gasteiger charge is 2.23. The molecule has 1 saturated heterocycles. The number of aromatic carboxylic acids is 1. The molecule has 0 amide bonds. The standard InChI is InChI=1S/C12H14BrNO4S/c13-11-7-9(1-2-10(11)12(15)16)14-8-3-5-19(17,18)6-4-8/h1-2,7-8,14H,3-6H2,(H,15,16). The number of hydrogen-bond acceptors (Lipinski definition) is 4. The number of carbonyl (C=O) groups is 1. The topological polar surface area (TPSA) is 83.5 Å². The Bertz CT molecular complexity index is 586. The van der Waals surface area contributed by atoms with Gasteiger partial charge in [-0.3, -0.25) is 0 Å². The van der Waals surface area contributed by atoms with E-state index < -0.39 is 15.8 Å². The maximum absolute atomic E-state index is 11.3. The fraction of sp³-hybridized carbons (Fsp3) is 0.417. The van der Waals surface area contributed by atoms with Crippen molar-refractivity contribution in [3.05, 3.63) is 28.2 Å². The number of halogens is 1. The lowest BCUT2D eigenvalue weighted by atomic mass is 10.1. The molecule has 0 saturated carbocycles. The molecule has 1 heterocycles. The first kappa shape index (κ1) is 14.3. The van der Waals surface area contributed by atoms with Gasteiger partial charge in [-0.2, -0.15) is 0 Å². The molecule has 104 valence electrons. The molecule has 0 atom stereocenters. The Labute approximate surface area is 120 Å². The number of benzene rings is 1. The zero-order chi connectivity index (χ0) is 14.0. The highest BCUT2D eigenvalue weighted by atomic mass is 79.9. The molecular formula is C12H14BrNO4S. The minimum Gasteiger partial charge on any atom is -0.478 e. The van der Waals surface area contributed by atoms with Crippen LogP contribution in [0.5, 0.6) is 0 Å². The Kier molecular flexibility index (Phi) is 4.15. The van der Waals surface area contributed by atoms with Crippen molar-refractivity contribution in [3.8, 4) is 0 Å². The maximum Gasteiger partial charge on any atom is 0.336 e. The van der Waals surface area contributed by atoms with Crippen LogP contribution in [0.25, 0.3) is 0 Å². The van der Waals surface area contributed by atoms with Gasteiger partial charge in [-0.25, -0.2) is 13.2 Å². The number of anilines is 1. The van der Waals surface area contributed by atoms with E-state index in [2.05, 4.69) is 21.2 Å². The summed E-state index contributed by atoms with van der Waals surface area (Å²) in [4.78, 5) is 10.9. The molecule has 1 aromatic rings. The highest BCUT2D eigenvalue weighted by molar-refractivity contribution is 9.10. The molecule has 0 unspecified atom stereocenters. The Morgan fingerprint density at radius 3 is 2.47 bits per heavy atom. The zero-order valence-corrected chi connectivity index (χ0v) is 12.5. The van der Waals surface area contributed by atoms with Crippen LogP contribution in [0.1, 0.15) is 23.2 Å². The number of hydrogen-bond donors (Lipinski definition) is 2. The first-order chi connectivity index (χ1) is 8.87. The quantitative estimate of drug-likeness (QED) is 0.874. The molecule has 19 heavy (non-hydrogen) atoms. The van der Waals surface area contributed by atoms with Crippen molar-refractivity contribution in [1.82, 2.24) is 0 Å². The van der Waals surface area contributed by atoms with Crippen LogP contribution in [0, 0.1) is 0 Å². The summed E-state index contributed by atoms with van der Waals surface area (Å²) in [6.07, 6.45) is 1.17. The summed E-state index contributed by atoms with van der Waals surface area (Å²) >= 11 is 3.21. The third-order valence-electron chi connectivity index (χ3n) is 3.12. The van der Waals surface area contributed by atoms with E-state index in [1.165, 1.54) is 6.07 Å². The summed E-state index contributed by atoms with van der Waals surface area (Å²) < 4.78 is 23.2. The fourth-order valence-corrected chi connectivity index (χ4v) is 4.09. The van der Waals surface area contributed by atoms with Crippen molar-refractivity contribution in [2.75, 3.05) is 16.8 Å². The van der Waals surface area contributed by atoms with E-state index in [1.54, 1.807) is 12.1 Å². The molecule has 0 spiro atoms. The average Bonchev–Trinajstić information content (AvgIpc) is 2.31. The lowest BCUT2D eigenvalue weighted by Gasteiger charge is -2.24. The Morgan fingerprint density at radius 1 is 1.32 bits per heavy atom. The molecule has 0 aliphatic carbocycles. The van der Waals surface area contributed by atoms with Gasteiger partial charge >= 0.3 is 5.97 Å². The summed E-state index contributed by atoms with van der Waals surface area (Å²) in [6.45, 7) is 0. The maximum atomic E-state index is 11.3. The van der Waals surface area contributed by atoms with Crippen LogP contribution >= 0.6 is 15.9 Å². The molecule has 5 nitrogen and oxygen atoms in total. The summed E-state index contributed by atoms with van der Waals surface area (Å²) in [5.41, 5.74) is 0.998. The third-order valence-corrected chi connectivity index (χ3v) is 5.50. The van der Waals surface area contributed by atoms with Crippen molar-refractivity contribution in [1.29, 1.82) is 0 Å². The molecule has 2 N–H and O–H groups in total. The van der Waals surface area contributed by atoms with Gasteiger partial charge in [-0.1, -0.05) is 0 Å². The van der Waals surface area contributed by atoms with Crippen LogP contribution in [-0.2, 0) is 9.84 Å². The minimum atomic E-state index is -2.86. The average molecular weight is 348 g/mol. The molecule has 2 rings (SSSR count). The number of carboxylic acid groups (broad SMARTS) is 1. The van der Waals surface area contributed by atoms with E-state index in [0.717, 1.165) is 5.69 Å². The Morgan fingerprint density at radius 2 is 1.95 bits per heavy atom. The summed E-state index contributed by atoms with van der Waals surface area (Å²) in [5, 5.41) is 12.2. The van der Waals surface area contributed by atoms with Gasteiger partial charge in [0.25, 0.3) is 0 Å². The molecule has 1 fully saturated rings. The van der Waals surface area contributed by atoms with Gasteiger partial charge in [-0.15, -0.1) is 0 Å². The number of rotatable bonds is 3. The van der Waals surface area contributed by atoms with E-state index in [-0.39, 0.29) is 23.1 Å². The van der Waals surface area contributed by atoms with Crippen molar-refractivity contribution in [2.24, 2.45) is 0 Å². The molecule has 0 aromatic heterocycles. The van der Waals surface area contributed by atoms with Crippen molar-refractivity contribution in [3.63, 3.8) is 0 Å². The second-order valence-corrected chi connectivity index (χ2v) is 7.73. The van der Waals surface area contributed by atoms with E-state index in [0.29, 0.717) is 17.3 Å². The number of carboxylic acids is 1. The molecule has 7 heteroatoms. The van der Waals surface area contributed by atoms with Crippen molar-refractivity contribution >= 4 is 37.4 Å². The van der Waals surface area contributed by atoms with Gasteiger partial charge in [0.05, 0.1) is 17.1 Å². The summed E-state index contributed by atoms with van der Waals surface area (Å²) in [7, 11) is -2.86. The lowest BCUT2D eigenvalue weighted by Crippen LogP contribution is -2.32. The van der Waals surface area contributed by atoms with Gasteiger partial charge in [0.15, 0.2) is 0 Å². The highest BCUT2D eigenvalue weighted by Crippen LogP contribution is 2.24. The predicted molar refractivity (Wildman–Crippen MR) is 76.4 cm³/mol. The summed E-state index contributed by atoms with van der Waals surface area (Å²) in [5.74, 6) is -0.569. The Balaban J connectivity index is 2.04. The second-order valence-electron chi connectivity index (χ2n) is 4.57. The minimum absolute atomic E-state index is 0.117. The molecule has 1 aliphatic rings. The van der Waals surface area contributed by atoms with Crippen LogP contribution in [0.15, 0.2) is 22.7 Å². The first-order valence-electron chi connectivity index (χ1n) is 5.87. The largest absolute Gasteiger partial charge is 0.478 e. The van der Waals surface area contributed by atoms with Crippen LogP contribution in [0.4, 0.5) is 5.69 Å². The van der Waals surface area contributed by atoms with E-state index >= 15 is 0 Å². The lowest BCUT2D eigenvalue weighted by molar-refractivity contribution is 0.0696. The van der Waals surface area contributed by atoms with E-state index in [4.69, 9.17) is 5.11 Å². The molecule has 0 radical (unpaired) electrons. The van der Waals surface area contributed by atoms with Crippen LogP contribution in [0.3, 0.4) is 0 Å². The van der Waals surface area contributed by atoms with Crippen LogP contribution in [0.2, 0.25) is 0 Å². The van der Waals surface area contributed by atoms with E-state index in [1.807, 2.05) is 0 Å². The Hall–Kier alpha value is -1.08. The molecule has 1 aromatic carbocycles. The summed E-state index contributed by atoms with van der Waals surface area (Å²) in [6, 6.07) is 5.03. The normalized spacial score (nSPS) is 19.0. The van der Waals surface area contributed by atoms with Crippen molar-refractivity contribution in [2.45, 2.75) is 18.9 Å².